The van der Waals surface area contributed by atoms with E-state index in [-0.39, 0.29) is 0 Å². The molecule has 0 aromatic rings. The molecule has 0 aliphatic heterocycles. The number of carboxylic acids is 1. The molecule has 0 bridgehead atoms. The lowest BCUT2D eigenvalue weighted by molar-refractivity contribution is -0.458. The fourth-order valence-corrected chi connectivity index (χ4v) is 2.67. The number of aliphatic carboxylic acids is 1. The summed E-state index contributed by atoms with van der Waals surface area (Å²) in [4.78, 5) is 10.5. The highest BCUT2D eigenvalue weighted by Crippen LogP contribution is 2.64. The average Bonchev–Trinajstić information content (AvgIpc) is 2.62. The van der Waals surface area contributed by atoms with E-state index >= 15 is 0 Å². The number of rotatable bonds is 10. The number of likely N-dealkylation sites (N-methyl/N-ethyl adjacent to an activating group) is 1. The molecule has 0 heterocycles. The molecule has 1 N–H and O–H groups in total. The molecule has 23 heteroatoms. The molecule has 0 atom stereocenters. The van der Waals surface area contributed by atoms with Crippen LogP contribution in [-0.4, -0.2) is 84.3 Å². The van der Waals surface area contributed by atoms with Gasteiger partial charge in [-0.1, -0.05) is 0 Å². The van der Waals surface area contributed by atoms with Gasteiger partial charge >= 0.3 is 52.9 Å². The highest BCUT2D eigenvalue weighted by atomic mass is 32.2. The van der Waals surface area contributed by atoms with Gasteiger partial charge in [0.2, 0.25) is 0 Å². The second kappa shape index (κ2) is 8.11. The summed E-state index contributed by atoms with van der Waals surface area (Å²) in [5, 5.41) is 0.132. The van der Waals surface area contributed by atoms with Crippen molar-refractivity contribution >= 4 is 16.0 Å². The molecule has 5 nitrogen and oxygen atoms in total. The summed E-state index contributed by atoms with van der Waals surface area (Å²) >= 11 is 0. The maximum Gasteiger partial charge on any atom is 0.460 e. The lowest BCUT2D eigenvalue weighted by atomic mass is 9.91. The zero-order valence-corrected chi connectivity index (χ0v) is 15.5. The van der Waals surface area contributed by atoms with E-state index in [0.29, 0.717) is 0 Å². The number of carbonyl (C=O) groups is 1. The Morgan fingerprint density at radius 1 is 0.676 bits per heavy atom. The van der Waals surface area contributed by atoms with Gasteiger partial charge in [0, 0.05) is 11.1 Å². The topological polar surface area (TPSA) is 74.7 Å². The molecule has 0 fully saturated rings. The second-order valence-corrected chi connectivity index (χ2v) is 7.77. The first-order chi connectivity index (χ1) is 15.5. The highest BCUT2D eigenvalue weighted by Gasteiger charge is 2.96. The molecule has 34 heavy (non-hydrogen) atoms. The molecule has 0 amide bonds. The highest BCUT2D eigenvalue weighted by molar-refractivity contribution is 7.90. The first-order valence-corrected chi connectivity index (χ1v) is 8.44. The summed E-state index contributed by atoms with van der Waals surface area (Å²) in [6.45, 7) is -7.72. The molecule has 0 saturated heterocycles. The Hall–Kier alpha value is -1.81. The van der Waals surface area contributed by atoms with Crippen molar-refractivity contribution in [3.05, 3.63) is 0 Å². The number of carboxylic acid groups (broad SMARTS) is 1. The van der Waals surface area contributed by atoms with Crippen molar-refractivity contribution in [3.63, 3.8) is 0 Å². The number of sulfonamides is 1. The van der Waals surface area contributed by atoms with Crippen molar-refractivity contribution in [3.8, 4) is 0 Å². The summed E-state index contributed by atoms with van der Waals surface area (Å²) in [7, 11) is -8.25. The first kappa shape index (κ1) is 26.8. The number of nitrogens with zero attached hydrogens (tertiary/aromatic N) is 1. The Morgan fingerprint density at radius 2 is 0.971 bits per heavy atom. The minimum atomic E-state index is -9.10. The molecule has 0 aromatic carbocycles. The van der Waals surface area contributed by atoms with E-state index in [4.69, 9.17) is 9.22 Å². The largest absolute Gasteiger partial charge is 0.480 e. The number of hydrogen-bond donors (Lipinski definition) is 1. The molecule has 0 spiro atoms. The van der Waals surface area contributed by atoms with Gasteiger partial charge in [-0.3, -0.25) is 4.79 Å². The van der Waals surface area contributed by atoms with Gasteiger partial charge in [0.05, 0.1) is 0 Å². The fraction of sp³-hybridized carbons (Fsp3) is 0.909. The van der Waals surface area contributed by atoms with Crippen molar-refractivity contribution in [2.45, 2.75) is 47.0 Å². The molecule has 0 unspecified atom stereocenters. The maximum absolute atomic E-state index is 13.9. The third-order valence-electron chi connectivity index (χ3n) is 3.59. The molecule has 0 aliphatic carbocycles. The number of alkyl halides is 17. The number of hydrogen-bond acceptors (Lipinski definition) is 3. The lowest BCUT2D eigenvalue weighted by Gasteiger charge is -2.42. The van der Waals surface area contributed by atoms with E-state index < -0.39 is 80.8 Å². The average molecular weight is 574 g/mol. The molecule has 0 aliphatic rings. The van der Waals surface area contributed by atoms with Crippen molar-refractivity contribution in [2.75, 3.05) is 13.5 Å². The summed E-state index contributed by atoms with van der Waals surface area (Å²) in [5.74, 6) is -56.0. The standard InChI is InChI=1S/C11H6F17NO4S/c1-29(2-3(30)31)34(32,33)11(27,28)9(22,23)7(18,19)5(14,15)4(12,13)6(16,17)8(20,21)10(24,25)26/h2H2,1H3,(H,30,31)/i1D3. The van der Waals surface area contributed by atoms with E-state index in [2.05, 4.69) is 0 Å². The van der Waals surface area contributed by atoms with Gasteiger partial charge in [-0.2, -0.15) is 78.9 Å². The third kappa shape index (κ3) is 4.00. The van der Waals surface area contributed by atoms with Crippen LogP contribution in [0.1, 0.15) is 4.11 Å². The van der Waals surface area contributed by atoms with Gasteiger partial charge in [0.15, 0.2) is 0 Å². The smallest absolute Gasteiger partial charge is 0.460 e. The van der Waals surface area contributed by atoms with Crippen LogP contribution in [0.4, 0.5) is 74.6 Å². The van der Waals surface area contributed by atoms with Crippen molar-refractivity contribution < 1.29 is 97.1 Å². The van der Waals surface area contributed by atoms with Crippen molar-refractivity contribution in [1.29, 1.82) is 0 Å². The minimum Gasteiger partial charge on any atom is -0.480 e. The Balaban J connectivity index is 7.23. The van der Waals surface area contributed by atoms with Crippen LogP contribution in [0.5, 0.6) is 0 Å². The molecule has 0 radical (unpaired) electrons. The molecule has 204 valence electrons. The van der Waals surface area contributed by atoms with E-state index in [1.54, 1.807) is 0 Å². The van der Waals surface area contributed by atoms with Gasteiger partial charge in [-0.05, 0) is 0 Å². The van der Waals surface area contributed by atoms with Crippen LogP contribution < -0.4 is 0 Å². The molecule has 0 rings (SSSR count). The second-order valence-electron chi connectivity index (χ2n) is 5.87. The maximum atomic E-state index is 13.9. The zero-order valence-electron chi connectivity index (χ0n) is 17.7. The third-order valence-corrected chi connectivity index (χ3v) is 5.20. The number of halogens is 17. The van der Waals surface area contributed by atoms with Gasteiger partial charge < -0.3 is 5.11 Å². The van der Waals surface area contributed by atoms with Gasteiger partial charge in [0.25, 0.3) is 10.0 Å². The van der Waals surface area contributed by atoms with Gasteiger partial charge in [-0.25, -0.2) is 8.42 Å². The van der Waals surface area contributed by atoms with Crippen LogP contribution in [-0.2, 0) is 14.8 Å². The van der Waals surface area contributed by atoms with Crippen molar-refractivity contribution in [1.82, 2.24) is 4.31 Å². The molecular weight excluding hydrogens is 565 g/mol. The van der Waals surface area contributed by atoms with E-state index in [0.717, 1.165) is 0 Å². The quantitative estimate of drug-likeness (QED) is 0.396. The van der Waals surface area contributed by atoms with Crippen LogP contribution >= 0.6 is 0 Å². The Morgan fingerprint density at radius 3 is 1.24 bits per heavy atom. The molecular formula is C11H6F17NO4S. The predicted octanol–water partition coefficient (Wildman–Crippen LogP) is 4.30. The van der Waals surface area contributed by atoms with Crippen LogP contribution in [0.25, 0.3) is 0 Å². The van der Waals surface area contributed by atoms with E-state index in [1.165, 1.54) is 0 Å². The Bertz CT molecular complexity index is 991. The first-order valence-electron chi connectivity index (χ1n) is 8.50. The van der Waals surface area contributed by atoms with Crippen LogP contribution in [0.2, 0.25) is 0 Å². The lowest BCUT2D eigenvalue weighted by Crippen LogP contribution is -2.75. The van der Waals surface area contributed by atoms with Crippen LogP contribution in [0, 0.1) is 0 Å². The van der Waals surface area contributed by atoms with E-state index in [9.17, 15) is 87.8 Å². The summed E-state index contributed by atoms with van der Waals surface area (Å²) in [6.07, 6.45) is -7.99. The van der Waals surface area contributed by atoms with E-state index in [1.807, 2.05) is 0 Å². The fourth-order valence-electron chi connectivity index (χ4n) is 1.66. The summed E-state index contributed by atoms with van der Waals surface area (Å²) < 4.78 is 265. The monoisotopic (exact) mass is 574 g/mol. The SMILES string of the molecule is [2H]C([2H])([2H])N(CC(=O)O)S(=O)(=O)C(F)(F)C(F)(F)C(F)(F)C(F)(F)C(F)(F)C(F)(F)C(F)(F)C(F)(F)F. The van der Waals surface area contributed by atoms with Crippen molar-refractivity contribution in [2.24, 2.45) is 0 Å². The minimum absolute atomic E-state index is 2.24. The van der Waals surface area contributed by atoms with Crippen LogP contribution in [0.15, 0.2) is 0 Å². The van der Waals surface area contributed by atoms with Gasteiger partial charge in [-0.15, -0.1) is 0 Å². The predicted molar refractivity (Wildman–Crippen MR) is 69.9 cm³/mol. The molecule has 0 aromatic heterocycles. The summed E-state index contributed by atoms with van der Waals surface area (Å²) in [6, 6.07) is 0. The summed E-state index contributed by atoms with van der Waals surface area (Å²) in [5.41, 5.74) is 0. The normalized spacial score (nSPS) is 17.9. The van der Waals surface area contributed by atoms with Crippen LogP contribution in [0.3, 0.4) is 0 Å². The Kier molecular flexibility index (Phi) is 6.39. The van der Waals surface area contributed by atoms with Gasteiger partial charge in [0.1, 0.15) is 6.54 Å². The molecule has 0 saturated carbocycles. The Labute approximate surface area is 179 Å². The zero-order chi connectivity index (χ0) is 30.9.